The van der Waals surface area contributed by atoms with Crippen LogP contribution in [-0.4, -0.2) is 29.2 Å². The molecule has 2 unspecified atom stereocenters. The number of amides is 2. The quantitative estimate of drug-likeness (QED) is 0.694. The number of carboxylic acid groups (broad SMARTS) is 1. The molecule has 5 nitrogen and oxygen atoms in total. The van der Waals surface area contributed by atoms with Crippen LogP contribution in [0.15, 0.2) is 0 Å². The van der Waals surface area contributed by atoms with Gasteiger partial charge >= 0.3 is 12.0 Å². The molecule has 0 aromatic rings. The molecule has 3 atom stereocenters. The van der Waals surface area contributed by atoms with Gasteiger partial charge in [0.05, 0.1) is 0 Å². The Morgan fingerprint density at radius 2 is 1.95 bits per heavy atom. The van der Waals surface area contributed by atoms with E-state index >= 15 is 0 Å². The number of carboxylic acids is 1. The van der Waals surface area contributed by atoms with Crippen LogP contribution in [0.2, 0.25) is 0 Å². The van der Waals surface area contributed by atoms with Gasteiger partial charge in [-0.15, -0.1) is 0 Å². The van der Waals surface area contributed by atoms with Crippen LogP contribution < -0.4 is 10.6 Å². The first-order valence-electron chi connectivity index (χ1n) is 7.38. The summed E-state index contributed by atoms with van der Waals surface area (Å²) in [5, 5.41) is 14.5. The molecule has 0 bridgehead atoms. The summed E-state index contributed by atoms with van der Waals surface area (Å²) in [6, 6.07) is -0.935. The third-order valence-electron chi connectivity index (χ3n) is 3.93. The lowest BCUT2D eigenvalue weighted by Crippen LogP contribution is -2.51. The van der Waals surface area contributed by atoms with E-state index in [4.69, 9.17) is 5.11 Å². The summed E-state index contributed by atoms with van der Waals surface area (Å²) in [6.45, 7) is 4.05. The fourth-order valence-electron chi connectivity index (χ4n) is 2.80. The van der Waals surface area contributed by atoms with Crippen LogP contribution in [0.3, 0.4) is 0 Å². The Labute approximate surface area is 115 Å². The lowest BCUT2D eigenvalue weighted by atomic mass is 9.83. The van der Waals surface area contributed by atoms with Gasteiger partial charge in [0.1, 0.15) is 6.04 Å². The fraction of sp³-hybridized carbons (Fsp3) is 0.857. The maximum absolute atomic E-state index is 11.9. The minimum absolute atomic E-state index is 0.190. The Morgan fingerprint density at radius 3 is 2.53 bits per heavy atom. The second-order valence-corrected chi connectivity index (χ2v) is 5.36. The third kappa shape index (κ3) is 5.09. The summed E-state index contributed by atoms with van der Waals surface area (Å²) >= 11 is 0. The van der Waals surface area contributed by atoms with E-state index in [1.165, 1.54) is 6.42 Å². The van der Waals surface area contributed by atoms with Crippen molar-refractivity contribution < 1.29 is 14.7 Å². The molecular formula is C14H26N2O3. The number of nitrogens with one attached hydrogen (secondary N) is 2. The normalized spacial score (nSPS) is 24.5. The van der Waals surface area contributed by atoms with E-state index in [0.29, 0.717) is 12.3 Å². The molecule has 19 heavy (non-hydrogen) atoms. The van der Waals surface area contributed by atoms with E-state index in [9.17, 15) is 9.59 Å². The van der Waals surface area contributed by atoms with Crippen LogP contribution in [0.25, 0.3) is 0 Å². The van der Waals surface area contributed by atoms with Crippen LogP contribution in [0.5, 0.6) is 0 Å². The number of hydrogen-bond acceptors (Lipinski definition) is 2. The zero-order valence-corrected chi connectivity index (χ0v) is 11.9. The maximum Gasteiger partial charge on any atom is 0.326 e. The van der Waals surface area contributed by atoms with Crippen LogP contribution >= 0.6 is 0 Å². The predicted octanol–water partition coefficient (Wildman–Crippen LogP) is 2.51. The van der Waals surface area contributed by atoms with Gasteiger partial charge in [0, 0.05) is 6.04 Å². The number of rotatable bonds is 6. The number of carbonyl (C=O) groups is 2. The highest BCUT2D eigenvalue weighted by Gasteiger charge is 2.26. The van der Waals surface area contributed by atoms with Gasteiger partial charge in [-0.3, -0.25) is 0 Å². The molecule has 0 aromatic heterocycles. The van der Waals surface area contributed by atoms with E-state index in [2.05, 4.69) is 17.6 Å². The van der Waals surface area contributed by atoms with Crippen molar-refractivity contribution in [3.05, 3.63) is 0 Å². The average molecular weight is 270 g/mol. The van der Waals surface area contributed by atoms with Crippen molar-refractivity contribution in [3.8, 4) is 0 Å². The van der Waals surface area contributed by atoms with Crippen molar-refractivity contribution in [2.24, 2.45) is 5.92 Å². The summed E-state index contributed by atoms with van der Waals surface area (Å²) < 4.78 is 0. The van der Waals surface area contributed by atoms with Crippen LogP contribution in [-0.2, 0) is 4.79 Å². The van der Waals surface area contributed by atoms with E-state index in [1.54, 1.807) is 0 Å². The molecule has 5 heteroatoms. The van der Waals surface area contributed by atoms with Gasteiger partial charge in [0.25, 0.3) is 0 Å². The number of hydrogen-bond donors (Lipinski definition) is 3. The van der Waals surface area contributed by atoms with E-state index < -0.39 is 12.0 Å². The van der Waals surface area contributed by atoms with Gasteiger partial charge in [-0.1, -0.05) is 39.5 Å². The van der Waals surface area contributed by atoms with Gasteiger partial charge in [0.2, 0.25) is 0 Å². The van der Waals surface area contributed by atoms with Crippen molar-refractivity contribution in [1.29, 1.82) is 0 Å². The molecule has 0 aromatic carbocycles. The molecule has 0 saturated heterocycles. The zero-order chi connectivity index (χ0) is 14.3. The van der Waals surface area contributed by atoms with Crippen molar-refractivity contribution >= 4 is 12.0 Å². The van der Waals surface area contributed by atoms with Crippen molar-refractivity contribution in [2.75, 3.05) is 0 Å². The summed E-state index contributed by atoms with van der Waals surface area (Å²) in [5.74, 6) is -0.443. The Balaban J connectivity index is 2.46. The van der Waals surface area contributed by atoms with Gasteiger partial charge in [0.15, 0.2) is 0 Å². The molecule has 0 spiro atoms. The Kier molecular flexibility index (Phi) is 6.67. The van der Waals surface area contributed by atoms with E-state index in [0.717, 1.165) is 32.1 Å². The van der Waals surface area contributed by atoms with Gasteiger partial charge in [-0.05, 0) is 25.2 Å². The highest BCUT2D eigenvalue weighted by atomic mass is 16.4. The molecule has 1 aliphatic carbocycles. The zero-order valence-electron chi connectivity index (χ0n) is 11.9. The monoisotopic (exact) mass is 270 g/mol. The minimum Gasteiger partial charge on any atom is -0.480 e. The average Bonchev–Trinajstić information content (AvgIpc) is 2.38. The Morgan fingerprint density at radius 1 is 1.26 bits per heavy atom. The van der Waals surface area contributed by atoms with Gasteiger partial charge < -0.3 is 15.7 Å². The lowest BCUT2D eigenvalue weighted by molar-refractivity contribution is -0.139. The van der Waals surface area contributed by atoms with Gasteiger partial charge in [-0.25, -0.2) is 9.59 Å². The molecule has 2 amide bonds. The predicted molar refractivity (Wildman–Crippen MR) is 74.0 cm³/mol. The first kappa shape index (κ1) is 15.8. The summed E-state index contributed by atoms with van der Waals surface area (Å²) in [7, 11) is 0. The van der Waals surface area contributed by atoms with E-state index in [1.807, 2.05) is 6.92 Å². The smallest absolute Gasteiger partial charge is 0.326 e. The van der Waals surface area contributed by atoms with Crippen LogP contribution in [0.1, 0.15) is 58.8 Å². The summed E-state index contributed by atoms with van der Waals surface area (Å²) in [4.78, 5) is 22.9. The standard InChI is InChI=1S/C14H26N2O3/c1-3-7-12(13(17)18)16-14(19)15-11-9-6-5-8-10(11)4-2/h10-12H,3-9H2,1-2H3,(H,17,18)(H2,15,16,19)/t10?,11?,12-/m0/s1. The Bertz CT molecular complexity index is 307. The van der Waals surface area contributed by atoms with Gasteiger partial charge in [-0.2, -0.15) is 0 Å². The number of aliphatic carboxylic acids is 1. The summed E-state index contributed by atoms with van der Waals surface area (Å²) in [5.41, 5.74) is 0. The largest absolute Gasteiger partial charge is 0.480 e. The topological polar surface area (TPSA) is 78.4 Å². The SMILES string of the molecule is CCC[C@H](NC(=O)NC1CCCCC1CC)C(=O)O. The molecule has 0 radical (unpaired) electrons. The molecule has 0 heterocycles. The minimum atomic E-state index is -0.965. The lowest BCUT2D eigenvalue weighted by Gasteiger charge is -2.31. The first-order chi connectivity index (χ1) is 9.08. The van der Waals surface area contributed by atoms with Crippen molar-refractivity contribution in [1.82, 2.24) is 10.6 Å². The molecule has 1 aliphatic rings. The highest BCUT2D eigenvalue weighted by molar-refractivity contribution is 5.82. The second kappa shape index (κ2) is 8.02. The van der Waals surface area contributed by atoms with Crippen molar-refractivity contribution in [3.63, 3.8) is 0 Å². The van der Waals surface area contributed by atoms with Crippen LogP contribution in [0.4, 0.5) is 4.79 Å². The van der Waals surface area contributed by atoms with Crippen molar-refractivity contribution in [2.45, 2.75) is 70.9 Å². The van der Waals surface area contributed by atoms with E-state index in [-0.39, 0.29) is 12.1 Å². The number of urea groups is 1. The molecule has 1 rings (SSSR count). The molecule has 3 N–H and O–H groups in total. The highest BCUT2D eigenvalue weighted by Crippen LogP contribution is 2.26. The molecule has 0 aliphatic heterocycles. The fourth-order valence-corrected chi connectivity index (χ4v) is 2.80. The summed E-state index contributed by atoms with van der Waals surface area (Å²) in [6.07, 6.45) is 6.77. The second-order valence-electron chi connectivity index (χ2n) is 5.36. The Hall–Kier alpha value is -1.26. The molecule has 1 saturated carbocycles. The number of carbonyl (C=O) groups excluding carboxylic acids is 1. The molecule has 1 fully saturated rings. The molecule has 110 valence electrons. The van der Waals surface area contributed by atoms with Crippen LogP contribution in [0, 0.1) is 5.92 Å². The molecular weight excluding hydrogens is 244 g/mol. The third-order valence-corrected chi connectivity index (χ3v) is 3.93. The maximum atomic E-state index is 11.9. The first-order valence-corrected chi connectivity index (χ1v) is 7.38.